The van der Waals surface area contributed by atoms with Crippen LogP contribution in [-0.4, -0.2) is 33.6 Å². The quantitative estimate of drug-likeness (QED) is 0.431. The number of hydrogen-bond acceptors (Lipinski definition) is 3. The summed E-state index contributed by atoms with van der Waals surface area (Å²) >= 11 is 1.50. The van der Waals surface area contributed by atoms with Crippen molar-refractivity contribution in [2.24, 2.45) is 22.7 Å². The van der Waals surface area contributed by atoms with E-state index in [0.717, 1.165) is 33.4 Å². The van der Waals surface area contributed by atoms with E-state index in [-0.39, 0.29) is 5.91 Å². The third kappa shape index (κ3) is 3.82. The van der Waals surface area contributed by atoms with E-state index >= 15 is 0 Å². The predicted octanol–water partition coefficient (Wildman–Crippen LogP) is 6.87. The monoisotopic (exact) mass is 487 g/mol. The third-order valence-corrected chi connectivity index (χ3v) is 10.1. The van der Waals surface area contributed by atoms with Gasteiger partial charge in [-0.05, 0) is 137 Å². The van der Waals surface area contributed by atoms with Crippen molar-refractivity contribution < 1.29 is 4.79 Å². The first kappa shape index (κ1) is 23.1. The lowest BCUT2D eigenvalue weighted by atomic mass is 9.48. The Balaban J connectivity index is 1.29. The van der Waals surface area contributed by atoms with E-state index < -0.39 is 0 Å². The minimum atomic E-state index is 0.0643. The van der Waals surface area contributed by atoms with E-state index in [9.17, 15) is 4.79 Å². The second-order valence-electron chi connectivity index (χ2n) is 11.3. The number of benzene rings is 1. The van der Waals surface area contributed by atoms with Crippen LogP contribution in [0.5, 0.6) is 0 Å². The van der Waals surface area contributed by atoms with E-state index in [1.807, 2.05) is 13.8 Å². The minimum Gasteiger partial charge on any atom is -0.318 e. The molecule has 1 aromatic carbocycles. The van der Waals surface area contributed by atoms with Crippen LogP contribution < -0.4 is 0 Å². The lowest BCUT2D eigenvalue weighted by molar-refractivity contribution is -0.122. The van der Waals surface area contributed by atoms with Crippen molar-refractivity contribution in [3.63, 3.8) is 0 Å². The molecule has 0 spiro atoms. The molecule has 5 fully saturated rings. The van der Waals surface area contributed by atoms with Crippen LogP contribution in [0.15, 0.2) is 40.2 Å². The second kappa shape index (κ2) is 8.69. The number of amidine groups is 1. The molecule has 0 atom stereocenters. The molecule has 4 aliphatic carbocycles. The molecular formula is C30H37N3OS. The molecule has 0 N–H and O–H groups in total. The fraction of sp³-hybridized carbons (Fsp3) is 0.533. The Morgan fingerprint density at radius 3 is 2.23 bits per heavy atom. The average Bonchev–Trinajstić information content (AvgIpc) is 3.27. The Morgan fingerprint density at radius 2 is 1.66 bits per heavy atom. The lowest BCUT2D eigenvalue weighted by Crippen LogP contribution is -2.48. The smallest absolute Gasteiger partial charge is 0.266 e. The van der Waals surface area contributed by atoms with Gasteiger partial charge in [0.2, 0.25) is 0 Å². The molecule has 2 aromatic rings. The fourth-order valence-electron chi connectivity index (χ4n) is 7.94. The van der Waals surface area contributed by atoms with Gasteiger partial charge in [0.25, 0.3) is 5.91 Å². The summed E-state index contributed by atoms with van der Waals surface area (Å²) in [5.74, 6) is 2.96. The van der Waals surface area contributed by atoms with Gasteiger partial charge in [-0.2, -0.15) is 0 Å². The fourth-order valence-corrected chi connectivity index (χ4v) is 9.04. The van der Waals surface area contributed by atoms with Gasteiger partial charge in [0.15, 0.2) is 5.17 Å². The molecule has 0 radical (unpaired) electrons. The molecule has 2 heterocycles. The highest BCUT2D eigenvalue weighted by Gasteiger charge is 2.51. The molecule has 5 heteroatoms. The van der Waals surface area contributed by atoms with Crippen molar-refractivity contribution in [2.45, 2.75) is 71.6 Å². The molecule has 35 heavy (non-hydrogen) atoms. The SMILES string of the molecule is CCN=C1S/C(=C\c2cc(C)n(-c3ccc(C45CC6CC(CC(C6)C4)C5)cc3)c2C)C(=O)N1CC. The molecule has 5 aliphatic rings. The van der Waals surface area contributed by atoms with E-state index in [1.54, 1.807) is 10.5 Å². The van der Waals surface area contributed by atoms with Crippen LogP contribution in [0.25, 0.3) is 11.8 Å². The standard InChI is InChI=1S/C30H37N3OS/c1-5-31-29-32(6-2)28(34)27(35-29)15-24-11-19(3)33(20(24)4)26-9-7-25(8-10-26)30-16-21-12-22(17-30)14-23(13-21)18-30/h7-11,15,21-23H,5-6,12-14,16-18H2,1-4H3/b27-15-,31-29?. The van der Waals surface area contributed by atoms with Crippen LogP contribution in [0.3, 0.4) is 0 Å². The van der Waals surface area contributed by atoms with Crippen LogP contribution >= 0.6 is 11.8 Å². The zero-order valence-electron chi connectivity index (χ0n) is 21.5. The van der Waals surface area contributed by atoms with Crippen molar-refractivity contribution in [3.05, 3.63) is 57.8 Å². The number of carbonyl (C=O) groups is 1. The molecule has 1 amide bonds. The molecule has 1 aliphatic heterocycles. The summed E-state index contributed by atoms with van der Waals surface area (Å²) in [7, 11) is 0. The normalized spacial score (nSPS) is 31.9. The second-order valence-corrected chi connectivity index (χ2v) is 12.3. The highest BCUT2D eigenvalue weighted by molar-refractivity contribution is 8.18. The minimum absolute atomic E-state index is 0.0643. The largest absolute Gasteiger partial charge is 0.318 e. The molecule has 4 bridgehead atoms. The number of hydrogen-bond donors (Lipinski definition) is 0. The van der Waals surface area contributed by atoms with Crippen molar-refractivity contribution in [2.75, 3.05) is 13.1 Å². The summed E-state index contributed by atoms with van der Waals surface area (Å²) in [6.45, 7) is 9.68. The number of aromatic nitrogens is 1. The first-order valence-electron chi connectivity index (χ1n) is 13.5. The lowest BCUT2D eigenvalue weighted by Gasteiger charge is -2.57. The van der Waals surface area contributed by atoms with Crippen LogP contribution in [0.4, 0.5) is 0 Å². The van der Waals surface area contributed by atoms with Gasteiger partial charge in [-0.25, -0.2) is 0 Å². The zero-order chi connectivity index (χ0) is 24.3. The topological polar surface area (TPSA) is 37.6 Å². The number of nitrogens with zero attached hydrogens (tertiary/aromatic N) is 3. The van der Waals surface area contributed by atoms with Gasteiger partial charge in [0.1, 0.15) is 0 Å². The average molecular weight is 488 g/mol. The van der Waals surface area contributed by atoms with Crippen LogP contribution in [-0.2, 0) is 10.2 Å². The highest BCUT2D eigenvalue weighted by atomic mass is 32.2. The number of rotatable bonds is 5. The summed E-state index contributed by atoms with van der Waals surface area (Å²) in [5.41, 5.74) is 6.70. The van der Waals surface area contributed by atoms with Gasteiger partial charge in [0.05, 0.1) is 4.91 Å². The maximum atomic E-state index is 12.9. The maximum Gasteiger partial charge on any atom is 0.266 e. The van der Waals surface area contributed by atoms with E-state index in [0.29, 0.717) is 18.5 Å². The van der Waals surface area contributed by atoms with Crippen molar-refractivity contribution in [1.29, 1.82) is 0 Å². The summed E-state index contributed by atoms with van der Waals surface area (Å²) in [6.07, 6.45) is 10.7. The number of aryl methyl sites for hydroxylation is 1. The molecule has 1 aromatic heterocycles. The molecule has 1 saturated heterocycles. The van der Waals surface area contributed by atoms with Gasteiger partial charge >= 0.3 is 0 Å². The van der Waals surface area contributed by atoms with Crippen LogP contribution in [0.1, 0.15) is 74.9 Å². The molecule has 4 nitrogen and oxygen atoms in total. The van der Waals surface area contributed by atoms with Gasteiger partial charge in [-0.15, -0.1) is 0 Å². The number of carbonyl (C=O) groups excluding carboxylic acids is 1. The summed E-state index contributed by atoms with van der Waals surface area (Å²) in [4.78, 5) is 20.0. The number of likely N-dealkylation sites (N-methyl/N-ethyl adjacent to an activating group) is 1. The Hall–Kier alpha value is -2.27. The van der Waals surface area contributed by atoms with Gasteiger partial charge in [0, 0.05) is 30.2 Å². The maximum absolute atomic E-state index is 12.9. The van der Waals surface area contributed by atoms with Crippen molar-refractivity contribution >= 4 is 28.9 Å². The Bertz CT molecular complexity index is 1180. The zero-order valence-corrected chi connectivity index (χ0v) is 22.3. The van der Waals surface area contributed by atoms with E-state index in [2.05, 4.69) is 59.8 Å². The Labute approximate surface area is 213 Å². The van der Waals surface area contributed by atoms with Crippen molar-refractivity contribution in [1.82, 2.24) is 9.47 Å². The third-order valence-electron chi connectivity index (χ3n) is 9.03. The molecule has 4 saturated carbocycles. The van der Waals surface area contributed by atoms with Crippen LogP contribution in [0.2, 0.25) is 0 Å². The highest BCUT2D eigenvalue weighted by Crippen LogP contribution is 2.60. The summed E-state index contributed by atoms with van der Waals surface area (Å²) < 4.78 is 2.33. The van der Waals surface area contributed by atoms with E-state index in [1.165, 1.54) is 67.4 Å². The first-order chi connectivity index (χ1) is 16.9. The van der Waals surface area contributed by atoms with Gasteiger partial charge in [-0.3, -0.25) is 14.7 Å². The Kier molecular flexibility index (Phi) is 5.75. The number of aliphatic imine (C=N–C) groups is 1. The first-order valence-corrected chi connectivity index (χ1v) is 14.3. The summed E-state index contributed by atoms with van der Waals surface area (Å²) in [5, 5.41) is 0.820. The summed E-state index contributed by atoms with van der Waals surface area (Å²) in [6, 6.07) is 11.7. The molecule has 184 valence electrons. The van der Waals surface area contributed by atoms with Gasteiger partial charge in [-0.1, -0.05) is 12.1 Å². The van der Waals surface area contributed by atoms with Crippen molar-refractivity contribution in [3.8, 4) is 5.69 Å². The Morgan fingerprint density at radius 1 is 1.03 bits per heavy atom. The molecule has 0 unspecified atom stereocenters. The predicted molar refractivity (Wildman–Crippen MR) is 146 cm³/mol. The van der Waals surface area contributed by atoms with Gasteiger partial charge < -0.3 is 4.57 Å². The van der Waals surface area contributed by atoms with E-state index in [4.69, 9.17) is 0 Å². The molecular weight excluding hydrogens is 450 g/mol. The van der Waals surface area contributed by atoms with Crippen LogP contribution in [0, 0.1) is 31.6 Å². The molecule has 7 rings (SSSR count). The number of thioether (sulfide) groups is 1. The number of amides is 1.